The molecule has 2 aromatic carbocycles. The number of rotatable bonds is 9. The molecule has 1 amide bonds. The van der Waals surface area contributed by atoms with E-state index in [9.17, 15) is 9.59 Å². The number of pyridine rings is 1. The molecule has 6 nitrogen and oxygen atoms in total. The van der Waals surface area contributed by atoms with Gasteiger partial charge in [-0.15, -0.1) is 0 Å². The zero-order valence-corrected chi connectivity index (χ0v) is 18.2. The molecule has 6 heteroatoms. The quantitative estimate of drug-likeness (QED) is 0.383. The van der Waals surface area contributed by atoms with Gasteiger partial charge >= 0.3 is 5.97 Å². The average molecular weight is 431 g/mol. The Labute approximate surface area is 187 Å². The minimum atomic E-state index is -0.273. The van der Waals surface area contributed by atoms with Crippen molar-refractivity contribution in [3.05, 3.63) is 95.8 Å². The molecule has 0 radical (unpaired) electrons. The van der Waals surface area contributed by atoms with Crippen molar-refractivity contribution in [2.24, 2.45) is 0 Å². The summed E-state index contributed by atoms with van der Waals surface area (Å²) in [7, 11) is 1.60. The Bertz CT molecular complexity index is 1080. The van der Waals surface area contributed by atoms with Gasteiger partial charge in [-0.1, -0.05) is 31.2 Å². The summed E-state index contributed by atoms with van der Waals surface area (Å²) >= 11 is 0. The van der Waals surface area contributed by atoms with Gasteiger partial charge in [0.2, 0.25) is 5.91 Å². The monoisotopic (exact) mass is 430 g/mol. The Hall–Kier alpha value is -3.93. The molecule has 1 aromatic heterocycles. The Balaban J connectivity index is 1.50. The minimum absolute atomic E-state index is 0.0486. The number of anilines is 1. The number of aromatic nitrogens is 1. The van der Waals surface area contributed by atoms with Crippen LogP contribution in [0.15, 0.2) is 79.1 Å². The van der Waals surface area contributed by atoms with Gasteiger partial charge in [0.1, 0.15) is 12.4 Å². The molecule has 0 spiro atoms. The van der Waals surface area contributed by atoms with Crippen LogP contribution in [0.5, 0.6) is 5.75 Å². The Morgan fingerprint density at radius 1 is 1.06 bits per heavy atom. The molecule has 0 aliphatic carbocycles. The summed E-state index contributed by atoms with van der Waals surface area (Å²) in [5.41, 5.74) is 3.33. The third kappa shape index (κ3) is 7.09. The van der Waals surface area contributed by atoms with E-state index >= 15 is 0 Å². The summed E-state index contributed by atoms with van der Waals surface area (Å²) < 4.78 is 10.6. The van der Waals surface area contributed by atoms with Crippen LogP contribution in [-0.2, 0) is 20.9 Å². The van der Waals surface area contributed by atoms with Gasteiger partial charge in [-0.2, -0.15) is 0 Å². The van der Waals surface area contributed by atoms with Crippen molar-refractivity contribution in [1.82, 2.24) is 4.98 Å². The second-order valence-electron chi connectivity index (χ2n) is 7.35. The number of nitrogens with zero attached hydrogens (tertiary/aromatic N) is 1. The maximum atomic E-state index is 12.3. The van der Waals surface area contributed by atoms with Crippen molar-refractivity contribution < 1.29 is 19.1 Å². The van der Waals surface area contributed by atoms with Crippen molar-refractivity contribution in [3.63, 3.8) is 0 Å². The summed E-state index contributed by atoms with van der Waals surface area (Å²) in [5.74, 6) is 0.246. The number of amides is 1. The molecule has 1 N–H and O–H groups in total. The molecule has 0 saturated heterocycles. The summed E-state index contributed by atoms with van der Waals surface area (Å²) in [6.45, 7) is 2.12. The van der Waals surface area contributed by atoms with E-state index in [-0.39, 0.29) is 30.8 Å². The molecule has 0 saturated carbocycles. The van der Waals surface area contributed by atoms with Crippen molar-refractivity contribution in [3.8, 4) is 5.75 Å². The van der Waals surface area contributed by atoms with Crippen LogP contribution in [0.3, 0.4) is 0 Å². The molecule has 1 unspecified atom stereocenters. The van der Waals surface area contributed by atoms with Crippen LogP contribution in [-0.4, -0.2) is 24.0 Å². The van der Waals surface area contributed by atoms with Crippen LogP contribution in [0.25, 0.3) is 6.08 Å². The van der Waals surface area contributed by atoms with Gasteiger partial charge in [0.25, 0.3) is 0 Å². The maximum Gasteiger partial charge on any atom is 0.306 e. The fourth-order valence-corrected chi connectivity index (χ4v) is 3.12. The number of benzene rings is 2. The van der Waals surface area contributed by atoms with E-state index < -0.39 is 0 Å². The number of nitrogens with one attached hydrogen (secondary N) is 1. The summed E-state index contributed by atoms with van der Waals surface area (Å²) in [6.07, 6.45) is 6.89. The highest BCUT2D eigenvalue weighted by Crippen LogP contribution is 2.19. The van der Waals surface area contributed by atoms with Gasteiger partial charge in [0, 0.05) is 24.2 Å². The van der Waals surface area contributed by atoms with Gasteiger partial charge < -0.3 is 14.8 Å². The fraction of sp³-hybridized carbons (Fsp3) is 0.192. The molecule has 1 atom stereocenters. The molecular formula is C26H26N2O4. The molecule has 0 bridgehead atoms. The van der Waals surface area contributed by atoms with E-state index in [4.69, 9.17) is 9.47 Å². The molecule has 1 heterocycles. The van der Waals surface area contributed by atoms with E-state index in [0.29, 0.717) is 5.69 Å². The first-order chi connectivity index (χ1) is 15.5. The van der Waals surface area contributed by atoms with Crippen LogP contribution in [0, 0.1) is 0 Å². The lowest BCUT2D eigenvalue weighted by atomic mass is 9.99. The predicted octanol–water partition coefficient (Wildman–Crippen LogP) is 4.98. The molecule has 0 fully saturated rings. The summed E-state index contributed by atoms with van der Waals surface area (Å²) in [6, 6.07) is 18.5. The lowest BCUT2D eigenvalue weighted by Gasteiger charge is -2.12. The highest BCUT2D eigenvalue weighted by atomic mass is 16.5. The molecule has 3 rings (SSSR count). The van der Waals surface area contributed by atoms with Gasteiger partial charge in [0.05, 0.1) is 13.5 Å². The van der Waals surface area contributed by atoms with E-state index in [0.717, 1.165) is 22.4 Å². The van der Waals surface area contributed by atoms with E-state index in [1.165, 1.54) is 6.08 Å². The van der Waals surface area contributed by atoms with Crippen molar-refractivity contribution in [1.29, 1.82) is 0 Å². The number of hydrogen-bond donors (Lipinski definition) is 1. The molecule has 32 heavy (non-hydrogen) atoms. The van der Waals surface area contributed by atoms with Crippen molar-refractivity contribution in [2.45, 2.75) is 25.9 Å². The minimum Gasteiger partial charge on any atom is -0.497 e. The first kappa shape index (κ1) is 22.7. The van der Waals surface area contributed by atoms with Crippen LogP contribution < -0.4 is 10.1 Å². The zero-order valence-electron chi connectivity index (χ0n) is 18.2. The summed E-state index contributed by atoms with van der Waals surface area (Å²) in [4.78, 5) is 28.4. The van der Waals surface area contributed by atoms with Crippen LogP contribution in [0.4, 0.5) is 5.69 Å². The highest BCUT2D eigenvalue weighted by Gasteiger charge is 2.12. The number of esters is 1. The van der Waals surface area contributed by atoms with Crippen molar-refractivity contribution >= 4 is 23.6 Å². The van der Waals surface area contributed by atoms with E-state index in [1.54, 1.807) is 37.7 Å². The lowest BCUT2D eigenvalue weighted by molar-refractivity contribution is -0.145. The van der Waals surface area contributed by atoms with Gasteiger partial charge in [-0.25, -0.2) is 0 Å². The van der Waals surface area contributed by atoms with Gasteiger partial charge in [0.15, 0.2) is 0 Å². The normalized spacial score (nSPS) is 11.7. The Morgan fingerprint density at radius 3 is 2.62 bits per heavy atom. The topological polar surface area (TPSA) is 77.5 Å². The standard InChI is InChI=1S/C26H26N2O4/c1-19(22-11-13-27-14-12-22)15-26(30)32-18-21-6-3-7-23(16-21)28-25(29)10-9-20-5-4-8-24(17-20)31-2/h3-14,16-17,19H,15,18H2,1-2H3,(H,28,29)/b10-9+. The van der Waals surface area contributed by atoms with Crippen molar-refractivity contribution in [2.75, 3.05) is 12.4 Å². The van der Waals surface area contributed by atoms with E-state index in [1.807, 2.05) is 55.5 Å². The smallest absolute Gasteiger partial charge is 0.306 e. The van der Waals surface area contributed by atoms with E-state index in [2.05, 4.69) is 10.3 Å². The highest BCUT2D eigenvalue weighted by molar-refractivity contribution is 6.02. The van der Waals surface area contributed by atoms with Crippen LogP contribution in [0.2, 0.25) is 0 Å². The third-order valence-corrected chi connectivity index (χ3v) is 4.86. The largest absolute Gasteiger partial charge is 0.497 e. The fourth-order valence-electron chi connectivity index (χ4n) is 3.12. The first-order valence-corrected chi connectivity index (χ1v) is 10.3. The molecule has 164 valence electrons. The average Bonchev–Trinajstić information content (AvgIpc) is 2.82. The number of hydrogen-bond acceptors (Lipinski definition) is 5. The third-order valence-electron chi connectivity index (χ3n) is 4.86. The second-order valence-corrected chi connectivity index (χ2v) is 7.35. The lowest BCUT2D eigenvalue weighted by Crippen LogP contribution is -2.10. The van der Waals surface area contributed by atoms with Gasteiger partial charge in [-0.3, -0.25) is 14.6 Å². The Morgan fingerprint density at radius 2 is 1.84 bits per heavy atom. The SMILES string of the molecule is COc1cccc(/C=C/C(=O)Nc2cccc(COC(=O)CC(C)c3ccncc3)c2)c1. The molecular weight excluding hydrogens is 404 g/mol. The number of ether oxygens (including phenoxy) is 2. The first-order valence-electron chi connectivity index (χ1n) is 10.3. The zero-order chi connectivity index (χ0) is 22.8. The summed E-state index contributed by atoms with van der Waals surface area (Å²) in [5, 5.41) is 2.82. The second kappa shape index (κ2) is 11.5. The van der Waals surface area contributed by atoms with Crippen LogP contribution in [0.1, 0.15) is 36.0 Å². The Kier molecular flexibility index (Phi) is 8.15. The molecule has 0 aliphatic rings. The number of carbonyl (C=O) groups is 2. The number of carbonyl (C=O) groups excluding carboxylic acids is 2. The number of methoxy groups -OCH3 is 1. The molecule has 3 aromatic rings. The molecule has 0 aliphatic heterocycles. The maximum absolute atomic E-state index is 12.3. The van der Waals surface area contributed by atoms with Crippen LogP contribution >= 0.6 is 0 Å². The van der Waals surface area contributed by atoms with Gasteiger partial charge in [-0.05, 0) is 65.1 Å². The predicted molar refractivity (Wildman–Crippen MR) is 124 cm³/mol.